The molecule has 11 heteroatoms. The molecule has 0 spiro atoms. The van der Waals surface area contributed by atoms with Crippen molar-refractivity contribution in [2.75, 3.05) is 23.3 Å². The third kappa shape index (κ3) is 5.04. The average molecular weight is 553 g/mol. The van der Waals surface area contributed by atoms with Gasteiger partial charge in [-0.3, -0.25) is 9.10 Å². The fraction of sp³-hybridized carbons (Fsp3) is 0.250. The van der Waals surface area contributed by atoms with Gasteiger partial charge in [0, 0.05) is 4.88 Å². The van der Waals surface area contributed by atoms with E-state index in [1.807, 2.05) is 6.92 Å². The van der Waals surface area contributed by atoms with Crippen LogP contribution in [0, 0.1) is 6.92 Å². The molecule has 35 heavy (non-hydrogen) atoms. The quantitative estimate of drug-likeness (QED) is 0.392. The lowest BCUT2D eigenvalue weighted by atomic mass is 10.1. The summed E-state index contributed by atoms with van der Waals surface area (Å²) in [5, 5.41) is 3.21. The molecule has 4 rings (SSSR count). The third-order valence-electron chi connectivity index (χ3n) is 5.66. The number of anilines is 2. The molecular formula is C24H22Cl2N2O5S2. The molecule has 0 saturated carbocycles. The second kappa shape index (κ2) is 10.2. The van der Waals surface area contributed by atoms with Crippen LogP contribution in [-0.2, 0) is 32.4 Å². The van der Waals surface area contributed by atoms with Gasteiger partial charge in [0.05, 0.1) is 33.3 Å². The number of carbonyl (C=O) groups is 2. The molecule has 184 valence electrons. The molecule has 1 aromatic heterocycles. The first-order valence-electron chi connectivity index (χ1n) is 10.7. The topological polar surface area (TPSA) is 92.8 Å². The molecule has 1 aliphatic rings. The number of rotatable bonds is 7. The van der Waals surface area contributed by atoms with Gasteiger partial charge < -0.3 is 10.1 Å². The lowest BCUT2D eigenvalue weighted by Crippen LogP contribution is -2.38. The molecule has 0 bridgehead atoms. The summed E-state index contributed by atoms with van der Waals surface area (Å²) in [7, 11) is -2.90. The highest BCUT2D eigenvalue weighted by atomic mass is 35.5. The summed E-state index contributed by atoms with van der Waals surface area (Å²) in [6.07, 6.45) is 2.46. The van der Waals surface area contributed by atoms with E-state index in [9.17, 15) is 18.0 Å². The van der Waals surface area contributed by atoms with Crippen LogP contribution in [0.25, 0.3) is 0 Å². The van der Waals surface area contributed by atoms with Gasteiger partial charge in [-0.25, -0.2) is 13.2 Å². The van der Waals surface area contributed by atoms with E-state index in [2.05, 4.69) is 5.32 Å². The number of hydrogen-bond acceptors (Lipinski definition) is 6. The van der Waals surface area contributed by atoms with Crippen LogP contribution < -0.4 is 9.62 Å². The zero-order chi connectivity index (χ0) is 25.3. The van der Waals surface area contributed by atoms with Crippen molar-refractivity contribution in [3.8, 4) is 0 Å². The summed E-state index contributed by atoms with van der Waals surface area (Å²) in [5.41, 5.74) is 2.15. The molecular weight excluding hydrogens is 531 g/mol. The van der Waals surface area contributed by atoms with Gasteiger partial charge in [0.15, 0.2) is 0 Å². The minimum atomic E-state index is -4.18. The molecule has 1 amide bonds. The number of sulfonamides is 1. The number of methoxy groups -OCH3 is 1. The number of amides is 1. The number of aryl methyl sites for hydroxylation is 2. The van der Waals surface area contributed by atoms with Crippen LogP contribution in [-0.4, -0.2) is 33.9 Å². The summed E-state index contributed by atoms with van der Waals surface area (Å²) < 4.78 is 33.0. The van der Waals surface area contributed by atoms with Crippen molar-refractivity contribution in [3.63, 3.8) is 0 Å². The molecule has 0 unspecified atom stereocenters. The third-order valence-corrected chi connectivity index (χ3v) is 9.45. The Bertz CT molecular complexity index is 1400. The van der Waals surface area contributed by atoms with Crippen molar-refractivity contribution in [2.24, 2.45) is 0 Å². The maximum absolute atomic E-state index is 13.6. The molecule has 1 heterocycles. The van der Waals surface area contributed by atoms with Crippen molar-refractivity contribution in [1.29, 1.82) is 0 Å². The summed E-state index contributed by atoms with van der Waals surface area (Å²) in [6.45, 7) is 1.26. The second-order valence-corrected chi connectivity index (χ2v) is 11.8. The Morgan fingerprint density at radius 3 is 2.51 bits per heavy atom. The Labute approximate surface area is 217 Å². The molecule has 1 aliphatic carbocycles. The number of ether oxygens (including phenoxy) is 1. The number of esters is 1. The number of hydrogen-bond donors (Lipinski definition) is 1. The minimum Gasteiger partial charge on any atom is -0.465 e. The number of carbonyl (C=O) groups excluding carboxylic acids is 2. The molecule has 7 nitrogen and oxygen atoms in total. The van der Waals surface area contributed by atoms with Crippen molar-refractivity contribution in [1.82, 2.24) is 0 Å². The number of benzene rings is 2. The molecule has 0 radical (unpaired) electrons. The monoisotopic (exact) mass is 552 g/mol. The maximum atomic E-state index is 13.6. The van der Waals surface area contributed by atoms with Crippen LogP contribution in [0.5, 0.6) is 0 Å². The lowest BCUT2D eigenvalue weighted by molar-refractivity contribution is -0.114. The van der Waals surface area contributed by atoms with E-state index in [1.54, 1.807) is 18.2 Å². The SMILES string of the molecule is COC(=O)c1c(NC(=O)CN(c2cccc(Cl)c2Cl)S(=O)(=O)c2ccc(C)cc2)sc2c1CCC2. The van der Waals surface area contributed by atoms with Gasteiger partial charge in [-0.15, -0.1) is 11.3 Å². The van der Waals surface area contributed by atoms with E-state index in [4.69, 9.17) is 27.9 Å². The predicted molar refractivity (Wildman–Crippen MR) is 138 cm³/mol. The molecule has 1 N–H and O–H groups in total. The summed E-state index contributed by atoms with van der Waals surface area (Å²) in [6, 6.07) is 10.8. The molecule has 0 aliphatic heterocycles. The van der Waals surface area contributed by atoms with Crippen molar-refractivity contribution >= 4 is 67.1 Å². The van der Waals surface area contributed by atoms with Crippen molar-refractivity contribution in [2.45, 2.75) is 31.1 Å². The summed E-state index contributed by atoms with van der Waals surface area (Å²) >= 11 is 13.8. The lowest BCUT2D eigenvalue weighted by Gasteiger charge is -2.25. The fourth-order valence-electron chi connectivity index (χ4n) is 3.93. The summed E-state index contributed by atoms with van der Waals surface area (Å²) in [5.74, 6) is -1.18. The van der Waals surface area contributed by atoms with E-state index in [0.717, 1.165) is 39.6 Å². The van der Waals surface area contributed by atoms with Gasteiger partial charge in [0.2, 0.25) is 5.91 Å². The van der Waals surface area contributed by atoms with E-state index in [1.165, 1.54) is 42.7 Å². The van der Waals surface area contributed by atoms with Gasteiger partial charge in [-0.1, -0.05) is 47.0 Å². The summed E-state index contributed by atoms with van der Waals surface area (Å²) in [4.78, 5) is 26.6. The highest BCUT2D eigenvalue weighted by Gasteiger charge is 2.32. The molecule has 2 aromatic carbocycles. The van der Waals surface area contributed by atoms with Crippen LogP contribution in [0.1, 0.15) is 32.8 Å². The Balaban J connectivity index is 1.71. The number of halogens is 2. The highest BCUT2D eigenvalue weighted by Crippen LogP contribution is 2.40. The van der Waals surface area contributed by atoms with Gasteiger partial charge in [-0.2, -0.15) is 0 Å². The number of thiophene rings is 1. The minimum absolute atomic E-state index is 0.00251. The Morgan fingerprint density at radius 1 is 1.11 bits per heavy atom. The number of fused-ring (bicyclic) bond motifs is 1. The van der Waals surface area contributed by atoms with Gasteiger partial charge >= 0.3 is 5.97 Å². The highest BCUT2D eigenvalue weighted by molar-refractivity contribution is 7.92. The Hall–Kier alpha value is -2.59. The van der Waals surface area contributed by atoms with Crippen molar-refractivity contribution in [3.05, 3.63) is 74.1 Å². The predicted octanol–water partition coefficient (Wildman–Crippen LogP) is 5.47. The first kappa shape index (κ1) is 25.5. The Morgan fingerprint density at radius 2 is 1.83 bits per heavy atom. The van der Waals surface area contributed by atoms with E-state index < -0.39 is 28.4 Å². The van der Waals surface area contributed by atoms with Gasteiger partial charge in [0.25, 0.3) is 10.0 Å². The standard InChI is InChI=1S/C24H22Cl2N2O5S2/c1-14-9-11-15(12-10-14)35(31,32)28(18-7-4-6-17(25)22(18)26)13-20(29)27-23-21(24(30)33-2)16-5-3-8-19(16)34-23/h4,6-7,9-12H,3,5,8,13H2,1-2H3,(H,27,29). The molecule has 0 saturated heterocycles. The first-order valence-corrected chi connectivity index (χ1v) is 13.7. The maximum Gasteiger partial charge on any atom is 0.341 e. The first-order chi connectivity index (χ1) is 16.6. The number of nitrogens with zero attached hydrogens (tertiary/aromatic N) is 1. The smallest absolute Gasteiger partial charge is 0.341 e. The van der Waals surface area contributed by atoms with Gasteiger partial charge in [0.1, 0.15) is 11.5 Å². The number of nitrogens with one attached hydrogen (secondary N) is 1. The van der Waals surface area contributed by atoms with E-state index >= 15 is 0 Å². The molecule has 3 aromatic rings. The van der Waals surface area contributed by atoms with Crippen LogP contribution in [0.2, 0.25) is 10.0 Å². The fourth-order valence-corrected chi connectivity index (χ4v) is 7.10. The van der Waals surface area contributed by atoms with E-state index in [0.29, 0.717) is 10.6 Å². The largest absolute Gasteiger partial charge is 0.465 e. The Kier molecular flexibility index (Phi) is 7.42. The molecule has 0 atom stereocenters. The van der Waals surface area contributed by atoms with Crippen LogP contribution in [0.4, 0.5) is 10.7 Å². The normalized spacial score (nSPS) is 12.8. The van der Waals surface area contributed by atoms with Crippen LogP contribution in [0.3, 0.4) is 0 Å². The second-order valence-electron chi connectivity index (χ2n) is 8.00. The molecule has 0 fully saturated rings. The zero-order valence-corrected chi connectivity index (χ0v) is 22.1. The van der Waals surface area contributed by atoms with Crippen molar-refractivity contribution < 1.29 is 22.7 Å². The zero-order valence-electron chi connectivity index (χ0n) is 18.9. The van der Waals surface area contributed by atoms with Gasteiger partial charge in [-0.05, 0) is 56.0 Å². The average Bonchev–Trinajstić information content (AvgIpc) is 3.40. The van der Waals surface area contributed by atoms with E-state index in [-0.39, 0.29) is 20.6 Å². The van der Waals surface area contributed by atoms with Crippen LogP contribution >= 0.6 is 34.5 Å². The van der Waals surface area contributed by atoms with Crippen LogP contribution in [0.15, 0.2) is 47.4 Å².